The van der Waals surface area contributed by atoms with Crippen LogP contribution in [0.4, 0.5) is 0 Å². The van der Waals surface area contributed by atoms with Crippen LogP contribution in [0.2, 0.25) is 5.02 Å². The van der Waals surface area contributed by atoms with Crippen LogP contribution >= 0.6 is 11.6 Å². The number of benzene rings is 1. The first-order valence-electron chi connectivity index (χ1n) is 7.13. The van der Waals surface area contributed by atoms with Crippen LogP contribution in [-0.4, -0.2) is 4.57 Å². The van der Waals surface area contributed by atoms with Crippen molar-refractivity contribution < 1.29 is 0 Å². The molecule has 0 bridgehead atoms. The lowest BCUT2D eigenvalue weighted by atomic mass is 9.72. The van der Waals surface area contributed by atoms with Crippen LogP contribution in [0.1, 0.15) is 37.8 Å². The first kappa shape index (κ1) is 13.5. The lowest BCUT2D eigenvalue weighted by molar-refractivity contribution is 0.244. The Hall–Kier alpha value is -1.47. The average Bonchev–Trinajstić information content (AvgIpc) is 2.93. The summed E-state index contributed by atoms with van der Waals surface area (Å²) in [6.45, 7) is 4.62. The van der Waals surface area contributed by atoms with Crippen molar-refractivity contribution >= 4 is 11.6 Å². The van der Waals surface area contributed by atoms with Crippen molar-refractivity contribution in [2.24, 2.45) is 5.41 Å². The predicted molar refractivity (Wildman–Crippen MR) is 85.2 cm³/mol. The van der Waals surface area contributed by atoms with E-state index in [1.54, 1.807) is 0 Å². The summed E-state index contributed by atoms with van der Waals surface area (Å²) in [5.41, 5.74) is 1.53. The number of hydrogen-bond acceptors (Lipinski definition) is 0. The number of nitrogens with zero attached hydrogens (tertiary/aromatic N) is 1. The fraction of sp³-hybridized carbons (Fsp3) is 0.333. The molecular weight excluding hydrogens is 266 g/mol. The Morgan fingerprint density at radius 1 is 1.10 bits per heavy atom. The van der Waals surface area contributed by atoms with Gasteiger partial charge in [-0.25, -0.2) is 0 Å². The maximum atomic E-state index is 5.98. The normalized spacial score (nSPS) is 24.8. The largest absolute Gasteiger partial charge is 0.350 e. The van der Waals surface area contributed by atoms with Gasteiger partial charge in [-0.2, -0.15) is 0 Å². The van der Waals surface area contributed by atoms with Crippen molar-refractivity contribution in [2.45, 2.75) is 32.2 Å². The first-order valence-corrected chi connectivity index (χ1v) is 7.51. The Morgan fingerprint density at radius 2 is 1.75 bits per heavy atom. The molecule has 20 heavy (non-hydrogen) atoms. The van der Waals surface area contributed by atoms with Gasteiger partial charge in [0.15, 0.2) is 0 Å². The molecule has 0 fully saturated rings. The highest BCUT2D eigenvalue weighted by atomic mass is 35.5. The molecule has 0 saturated heterocycles. The SMILES string of the molecule is CC1(C)C=CC(c2ccc(Cl)cc2)CC1n1cccc1. The predicted octanol–water partition coefficient (Wildman–Crippen LogP) is 5.45. The Balaban J connectivity index is 1.91. The van der Waals surface area contributed by atoms with E-state index < -0.39 is 0 Å². The van der Waals surface area contributed by atoms with Gasteiger partial charge in [0.1, 0.15) is 0 Å². The highest BCUT2D eigenvalue weighted by Gasteiger charge is 2.33. The molecule has 1 heterocycles. The Bertz CT molecular complexity index is 593. The quantitative estimate of drug-likeness (QED) is 0.646. The monoisotopic (exact) mass is 285 g/mol. The van der Waals surface area contributed by atoms with E-state index in [0.717, 1.165) is 11.4 Å². The van der Waals surface area contributed by atoms with Crippen molar-refractivity contribution in [1.82, 2.24) is 4.57 Å². The summed E-state index contributed by atoms with van der Waals surface area (Å²) in [6, 6.07) is 12.9. The number of rotatable bonds is 2. The van der Waals surface area contributed by atoms with Crippen LogP contribution < -0.4 is 0 Å². The van der Waals surface area contributed by atoms with Crippen molar-refractivity contribution in [2.75, 3.05) is 0 Å². The van der Waals surface area contributed by atoms with Crippen molar-refractivity contribution in [1.29, 1.82) is 0 Å². The van der Waals surface area contributed by atoms with Gasteiger partial charge in [-0.3, -0.25) is 0 Å². The van der Waals surface area contributed by atoms with Crippen LogP contribution in [0.5, 0.6) is 0 Å². The van der Waals surface area contributed by atoms with Gasteiger partial charge in [0.05, 0.1) is 0 Å². The lowest BCUT2D eigenvalue weighted by Crippen LogP contribution is -2.29. The van der Waals surface area contributed by atoms with Crippen LogP contribution in [0.15, 0.2) is 60.9 Å². The highest BCUT2D eigenvalue weighted by molar-refractivity contribution is 6.30. The summed E-state index contributed by atoms with van der Waals surface area (Å²) >= 11 is 5.98. The molecule has 1 aliphatic carbocycles. The van der Waals surface area contributed by atoms with Crippen molar-refractivity contribution in [3.8, 4) is 0 Å². The summed E-state index contributed by atoms with van der Waals surface area (Å²) in [4.78, 5) is 0. The molecule has 3 rings (SSSR count). The van der Waals surface area contributed by atoms with Gasteiger partial charge in [0, 0.05) is 34.8 Å². The van der Waals surface area contributed by atoms with E-state index in [2.05, 4.69) is 67.2 Å². The Labute approximate surface area is 125 Å². The molecule has 1 aliphatic rings. The topological polar surface area (TPSA) is 4.93 Å². The van der Waals surface area contributed by atoms with E-state index in [4.69, 9.17) is 11.6 Å². The van der Waals surface area contributed by atoms with E-state index in [-0.39, 0.29) is 5.41 Å². The zero-order valence-electron chi connectivity index (χ0n) is 12.0. The Kier molecular flexibility index (Phi) is 3.47. The number of halogens is 1. The molecule has 2 heteroatoms. The minimum Gasteiger partial charge on any atom is -0.350 e. The van der Waals surface area contributed by atoms with Crippen molar-refractivity contribution in [3.05, 3.63) is 71.5 Å². The van der Waals surface area contributed by atoms with Gasteiger partial charge in [-0.1, -0.05) is 49.7 Å². The number of allylic oxidation sites excluding steroid dienone is 2. The van der Waals surface area contributed by atoms with E-state index >= 15 is 0 Å². The molecule has 2 atom stereocenters. The lowest BCUT2D eigenvalue weighted by Gasteiger charge is -2.39. The highest BCUT2D eigenvalue weighted by Crippen LogP contribution is 2.44. The van der Waals surface area contributed by atoms with E-state index in [9.17, 15) is 0 Å². The molecule has 0 N–H and O–H groups in total. The summed E-state index contributed by atoms with van der Waals surface area (Å²) in [5, 5.41) is 0.802. The van der Waals surface area contributed by atoms with Crippen LogP contribution in [0, 0.1) is 5.41 Å². The molecule has 1 nitrogen and oxygen atoms in total. The molecule has 0 amide bonds. The second-order valence-electron chi connectivity index (χ2n) is 6.22. The smallest absolute Gasteiger partial charge is 0.0424 e. The molecule has 2 unspecified atom stereocenters. The molecule has 0 aliphatic heterocycles. The third-order valence-electron chi connectivity index (χ3n) is 4.38. The molecule has 1 aromatic heterocycles. The van der Waals surface area contributed by atoms with Gasteiger partial charge >= 0.3 is 0 Å². The maximum absolute atomic E-state index is 5.98. The van der Waals surface area contributed by atoms with E-state index in [1.807, 2.05) is 12.1 Å². The van der Waals surface area contributed by atoms with Crippen LogP contribution in [0.3, 0.4) is 0 Å². The third kappa shape index (κ3) is 2.55. The van der Waals surface area contributed by atoms with Gasteiger partial charge in [-0.15, -0.1) is 0 Å². The summed E-state index contributed by atoms with van der Waals surface area (Å²) in [5.74, 6) is 0.465. The molecule has 0 radical (unpaired) electrons. The Morgan fingerprint density at radius 3 is 2.40 bits per heavy atom. The molecule has 0 saturated carbocycles. The summed E-state index contributed by atoms with van der Waals surface area (Å²) in [7, 11) is 0. The fourth-order valence-electron chi connectivity index (χ4n) is 3.12. The summed E-state index contributed by atoms with van der Waals surface area (Å²) in [6.07, 6.45) is 10.2. The van der Waals surface area contributed by atoms with Crippen molar-refractivity contribution in [3.63, 3.8) is 0 Å². The summed E-state index contributed by atoms with van der Waals surface area (Å²) < 4.78 is 2.34. The molecular formula is C18H20ClN. The number of aromatic nitrogens is 1. The second kappa shape index (κ2) is 5.14. The minimum absolute atomic E-state index is 0.182. The van der Waals surface area contributed by atoms with E-state index in [0.29, 0.717) is 12.0 Å². The van der Waals surface area contributed by atoms with Crippen LogP contribution in [0.25, 0.3) is 0 Å². The van der Waals surface area contributed by atoms with Gasteiger partial charge < -0.3 is 4.57 Å². The van der Waals surface area contributed by atoms with Gasteiger partial charge in [0.25, 0.3) is 0 Å². The maximum Gasteiger partial charge on any atom is 0.0424 e. The van der Waals surface area contributed by atoms with Gasteiger partial charge in [-0.05, 0) is 36.2 Å². The fourth-order valence-corrected chi connectivity index (χ4v) is 3.24. The van der Waals surface area contributed by atoms with Crippen LogP contribution in [-0.2, 0) is 0 Å². The minimum atomic E-state index is 0.182. The standard InChI is InChI=1S/C18H20ClN/c1-18(2)10-9-15(14-5-7-16(19)8-6-14)13-17(18)20-11-3-4-12-20/h3-12,15,17H,13H2,1-2H3. The van der Waals surface area contributed by atoms with E-state index in [1.165, 1.54) is 5.56 Å². The zero-order chi connectivity index (χ0) is 14.2. The molecule has 104 valence electrons. The molecule has 1 aromatic carbocycles. The first-order chi connectivity index (χ1) is 9.56. The molecule has 2 aromatic rings. The van der Waals surface area contributed by atoms with Gasteiger partial charge in [0.2, 0.25) is 0 Å². The average molecular weight is 286 g/mol. The second-order valence-corrected chi connectivity index (χ2v) is 6.66. The zero-order valence-corrected chi connectivity index (χ0v) is 12.7. The number of hydrogen-bond donors (Lipinski definition) is 0. The third-order valence-corrected chi connectivity index (χ3v) is 4.63. The molecule has 0 spiro atoms.